The number of amides is 1. The van der Waals surface area contributed by atoms with Crippen LogP contribution >= 0.6 is 12.2 Å². The first-order chi connectivity index (χ1) is 13.0. The predicted molar refractivity (Wildman–Crippen MR) is 107 cm³/mol. The average Bonchev–Trinajstić information content (AvgIpc) is 3.19. The SMILES string of the molecule is CCNC(=O)O[C@@H]1CO[C@H]2[C@@H]1OC[C@@H]2NC(=S)Nc1ccc(N(C)C)cc1. The molecule has 1 aromatic carbocycles. The van der Waals surface area contributed by atoms with Gasteiger partial charge in [0.2, 0.25) is 0 Å². The van der Waals surface area contributed by atoms with E-state index in [9.17, 15) is 4.79 Å². The molecule has 2 heterocycles. The highest BCUT2D eigenvalue weighted by Gasteiger charge is 2.49. The summed E-state index contributed by atoms with van der Waals surface area (Å²) < 4.78 is 16.9. The van der Waals surface area contributed by atoms with Gasteiger partial charge in [-0.15, -0.1) is 0 Å². The first-order valence-electron chi connectivity index (χ1n) is 9.00. The van der Waals surface area contributed by atoms with E-state index in [1.807, 2.05) is 50.2 Å². The van der Waals surface area contributed by atoms with Crippen molar-refractivity contribution in [3.05, 3.63) is 24.3 Å². The van der Waals surface area contributed by atoms with E-state index in [1.165, 1.54) is 0 Å². The summed E-state index contributed by atoms with van der Waals surface area (Å²) >= 11 is 5.41. The third kappa shape index (κ3) is 4.79. The van der Waals surface area contributed by atoms with Crippen molar-refractivity contribution in [2.24, 2.45) is 0 Å². The topological polar surface area (TPSA) is 84.1 Å². The van der Waals surface area contributed by atoms with E-state index in [0.29, 0.717) is 24.9 Å². The van der Waals surface area contributed by atoms with Crippen molar-refractivity contribution in [2.75, 3.05) is 44.1 Å². The van der Waals surface area contributed by atoms with Crippen LogP contribution in [0.1, 0.15) is 6.92 Å². The normalized spacial score (nSPS) is 26.2. The summed E-state index contributed by atoms with van der Waals surface area (Å²) in [6.45, 7) is 3.10. The van der Waals surface area contributed by atoms with Crippen LogP contribution in [0.3, 0.4) is 0 Å². The quantitative estimate of drug-likeness (QED) is 0.645. The van der Waals surface area contributed by atoms with Crippen LogP contribution in [0, 0.1) is 0 Å². The van der Waals surface area contributed by atoms with Crippen molar-refractivity contribution in [1.29, 1.82) is 0 Å². The zero-order valence-corrected chi connectivity index (χ0v) is 16.5. The number of benzene rings is 1. The Morgan fingerprint density at radius 2 is 1.93 bits per heavy atom. The molecule has 9 heteroatoms. The largest absolute Gasteiger partial charge is 0.441 e. The maximum Gasteiger partial charge on any atom is 0.407 e. The van der Waals surface area contributed by atoms with Gasteiger partial charge in [0.05, 0.1) is 19.3 Å². The number of anilines is 2. The number of rotatable bonds is 5. The van der Waals surface area contributed by atoms with Crippen LogP contribution in [-0.2, 0) is 14.2 Å². The van der Waals surface area contributed by atoms with E-state index in [2.05, 4.69) is 16.0 Å². The Hall–Kier alpha value is -2.10. The molecule has 27 heavy (non-hydrogen) atoms. The molecule has 3 N–H and O–H groups in total. The molecule has 3 rings (SSSR count). The van der Waals surface area contributed by atoms with Crippen molar-refractivity contribution in [3.8, 4) is 0 Å². The first-order valence-corrected chi connectivity index (χ1v) is 9.41. The van der Waals surface area contributed by atoms with Gasteiger partial charge in [-0.2, -0.15) is 0 Å². The van der Waals surface area contributed by atoms with Crippen molar-refractivity contribution in [1.82, 2.24) is 10.6 Å². The maximum atomic E-state index is 11.6. The van der Waals surface area contributed by atoms with Crippen LogP contribution in [0.25, 0.3) is 0 Å². The maximum absolute atomic E-state index is 11.6. The number of fused-ring (bicyclic) bond motifs is 1. The molecule has 148 valence electrons. The summed E-state index contributed by atoms with van der Waals surface area (Å²) in [7, 11) is 3.99. The molecule has 0 bridgehead atoms. The second kappa shape index (κ2) is 8.73. The van der Waals surface area contributed by atoms with Crippen LogP contribution < -0.4 is 20.9 Å². The van der Waals surface area contributed by atoms with E-state index in [1.54, 1.807) is 0 Å². The number of thiocarbonyl (C=S) groups is 1. The zero-order valence-electron chi connectivity index (χ0n) is 15.7. The minimum absolute atomic E-state index is 0.0983. The lowest BCUT2D eigenvalue weighted by Crippen LogP contribution is -2.46. The molecule has 0 radical (unpaired) electrons. The highest BCUT2D eigenvalue weighted by Crippen LogP contribution is 2.29. The highest BCUT2D eigenvalue weighted by molar-refractivity contribution is 7.80. The Kier molecular flexibility index (Phi) is 6.35. The summed E-state index contributed by atoms with van der Waals surface area (Å²) in [5.74, 6) is 0. The lowest BCUT2D eigenvalue weighted by molar-refractivity contribution is 0.00425. The van der Waals surface area contributed by atoms with E-state index >= 15 is 0 Å². The molecule has 0 aromatic heterocycles. The molecule has 2 aliphatic rings. The number of ether oxygens (including phenoxy) is 3. The molecule has 2 fully saturated rings. The van der Waals surface area contributed by atoms with Gasteiger partial charge in [-0.25, -0.2) is 4.79 Å². The smallest absolute Gasteiger partial charge is 0.407 e. The van der Waals surface area contributed by atoms with Gasteiger partial charge < -0.3 is 35.1 Å². The molecule has 4 atom stereocenters. The molecule has 2 saturated heterocycles. The summed E-state index contributed by atoms with van der Waals surface area (Å²) in [5, 5.41) is 9.52. The van der Waals surface area contributed by atoms with Crippen molar-refractivity contribution < 1.29 is 19.0 Å². The highest BCUT2D eigenvalue weighted by atomic mass is 32.1. The number of hydrogen-bond donors (Lipinski definition) is 3. The van der Waals surface area contributed by atoms with Gasteiger partial charge in [-0.05, 0) is 43.4 Å². The minimum atomic E-state index is -0.454. The third-order valence-corrected chi connectivity index (χ3v) is 4.77. The zero-order chi connectivity index (χ0) is 19.4. The fourth-order valence-electron chi connectivity index (χ4n) is 3.19. The molecule has 1 amide bonds. The molecular weight excluding hydrogens is 368 g/mol. The third-order valence-electron chi connectivity index (χ3n) is 4.55. The summed E-state index contributed by atoms with van der Waals surface area (Å²) in [4.78, 5) is 13.7. The molecular formula is C18H26N4O4S. The molecule has 0 unspecified atom stereocenters. The Morgan fingerprint density at radius 3 is 2.59 bits per heavy atom. The van der Waals surface area contributed by atoms with Crippen LogP contribution in [0.5, 0.6) is 0 Å². The summed E-state index contributed by atoms with van der Waals surface area (Å²) in [5.41, 5.74) is 2.02. The van der Waals surface area contributed by atoms with E-state index in [0.717, 1.165) is 11.4 Å². The van der Waals surface area contributed by atoms with Gasteiger partial charge >= 0.3 is 6.09 Å². The second-order valence-corrected chi connectivity index (χ2v) is 7.12. The predicted octanol–water partition coefficient (Wildman–Crippen LogP) is 1.32. The van der Waals surface area contributed by atoms with Crippen molar-refractivity contribution >= 4 is 34.8 Å². The molecule has 0 aliphatic carbocycles. The van der Waals surface area contributed by atoms with Crippen LogP contribution in [0.15, 0.2) is 24.3 Å². The first kappa shape index (κ1) is 19.7. The number of carbonyl (C=O) groups is 1. The molecule has 8 nitrogen and oxygen atoms in total. The minimum Gasteiger partial charge on any atom is -0.441 e. The molecule has 0 saturated carbocycles. The Labute approximate surface area is 164 Å². The Bertz CT molecular complexity index is 670. The van der Waals surface area contributed by atoms with Crippen LogP contribution in [-0.4, -0.2) is 69.4 Å². The van der Waals surface area contributed by atoms with Crippen LogP contribution in [0.4, 0.5) is 16.2 Å². The Morgan fingerprint density at radius 1 is 1.22 bits per heavy atom. The average molecular weight is 394 g/mol. The standard InChI is InChI=1S/C18H26N4O4S/c1-4-19-18(23)26-14-10-25-15-13(9-24-16(14)15)21-17(27)20-11-5-7-12(8-6-11)22(2)3/h5-8,13-16H,4,9-10H2,1-3H3,(H,19,23)(H2,20,21,27)/t13-,14+,15+,16+/m0/s1. The monoisotopic (exact) mass is 394 g/mol. The summed E-state index contributed by atoms with van der Waals surface area (Å²) in [6, 6.07) is 7.88. The lowest BCUT2D eigenvalue weighted by atomic mass is 10.1. The van der Waals surface area contributed by atoms with E-state index < -0.39 is 12.2 Å². The summed E-state index contributed by atoms with van der Waals surface area (Å²) in [6.07, 6.45) is -1.36. The van der Waals surface area contributed by atoms with Gasteiger partial charge in [-0.3, -0.25) is 0 Å². The van der Waals surface area contributed by atoms with Gasteiger partial charge in [0, 0.05) is 32.0 Å². The van der Waals surface area contributed by atoms with E-state index in [-0.39, 0.29) is 18.2 Å². The molecule has 2 aliphatic heterocycles. The number of hydrogen-bond acceptors (Lipinski definition) is 6. The number of alkyl carbamates (subject to hydrolysis) is 1. The fourth-order valence-corrected chi connectivity index (χ4v) is 3.46. The number of carbonyl (C=O) groups excluding carboxylic acids is 1. The number of nitrogens with zero attached hydrogens (tertiary/aromatic N) is 1. The molecule has 1 aromatic rings. The van der Waals surface area contributed by atoms with Gasteiger partial charge in [0.1, 0.15) is 12.2 Å². The fraction of sp³-hybridized carbons (Fsp3) is 0.556. The van der Waals surface area contributed by atoms with Crippen LogP contribution in [0.2, 0.25) is 0 Å². The van der Waals surface area contributed by atoms with Gasteiger partial charge in [0.15, 0.2) is 11.2 Å². The van der Waals surface area contributed by atoms with Gasteiger partial charge in [-0.1, -0.05) is 0 Å². The van der Waals surface area contributed by atoms with E-state index in [4.69, 9.17) is 26.4 Å². The number of nitrogens with one attached hydrogen (secondary N) is 3. The second-order valence-electron chi connectivity index (χ2n) is 6.72. The van der Waals surface area contributed by atoms with Gasteiger partial charge in [0.25, 0.3) is 0 Å². The Balaban J connectivity index is 1.50. The lowest BCUT2D eigenvalue weighted by Gasteiger charge is -2.20. The molecule has 0 spiro atoms. The van der Waals surface area contributed by atoms with Crippen molar-refractivity contribution in [2.45, 2.75) is 31.3 Å². The van der Waals surface area contributed by atoms with Crippen molar-refractivity contribution in [3.63, 3.8) is 0 Å².